The Hall–Kier alpha value is 1.52. The van der Waals surface area contributed by atoms with Crippen molar-refractivity contribution in [1.82, 2.24) is 0 Å². The summed E-state index contributed by atoms with van der Waals surface area (Å²) in [6.07, 6.45) is 20.0. The van der Waals surface area contributed by atoms with E-state index in [1.807, 2.05) is 24.3 Å². The van der Waals surface area contributed by atoms with Gasteiger partial charge in [-0.1, -0.05) is 13.1 Å². The zero-order chi connectivity index (χ0) is 9.78. The number of hydrogen-bond acceptors (Lipinski definition) is 0. The van der Waals surface area contributed by atoms with Crippen molar-refractivity contribution < 1.29 is 74.2 Å². The van der Waals surface area contributed by atoms with E-state index in [1.54, 1.807) is 0 Å². The van der Waals surface area contributed by atoms with E-state index in [4.69, 9.17) is 0 Å². The standard InChI is InChI=1S/2C5H5.C2H7Si.2HI.Zr/c2*1-2-4-5-3-1;1-3-2;;;/h2*1-3H,4H2;3H,1-2H3;2*1H;/q2*-1;;;;+4/p-2. The molecule has 0 aromatic heterocycles. The second-order valence-corrected chi connectivity index (χ2v) is 3.74. The van der Waals surface area contributed by atoms with Gasteiger partial charge in [0.1, 0.15) is 0 Å². The molecule has 2 aliphatic rings. The minimum Gasteiger partial charge on any atom is -1.00 e. The molecule has 0 spiro atoms. The summed E-state index contributed by atoms with van der Waals surface area (Å²) in [7, 11) is 0.750. The average Bonchev–Trinajstić information content (AvgIpc) is 2.85. The largest absolute Gasteiger partial charge is 4.00 e. The summed E-state index contributed by atoms with van der Waals surface area (Å²) >= 11 is 0. The van der Waals surface area contributed by atoms with Crippen LogP contribution in [0.1, 0.15) is 12.8 Å². The first-order valence-electron chi connectivity index (χ1n) is 4.59. The van der Waals surface area contributed by atoms with Gasteiger partial charge in [-0.05, 0) is 0 Å². The van der Waals surface area contributed by atoms with E-state index < -0.39 is 0 Å². The van der Waals surface area contributed by atoms with Gasteiger partial charge in [-0.15, -0.1) is 12.8 Å². The molecule has 0 nitrogen and oxygen atoms in total. The fourth-order valence-corrected chi connectivity index (χ4v) is 0.680. The van der Waals surface area contributed by atoms with Crippen molar-refractivity contribution in [3.63, 3.8) is 0 Å². The molecule has 0 amide bonds. The summed E-state index contributed by atoms with van der Waals surface area (Å²) in [4.78, 5) is 0. The Morgan fingerprint density at radius 1 is 0.875 bits per heavy atom. The number of rotatable bonds is 0. The van der Waals surface area contributed by atoms with Crippen molar-refractivity contribution in [2.24, 2.45) is 0 Å². The summed E-state index contributed by atoms with van der Waals surface area (Å²) in [5, 5.41) is 0. The molecule has 0 N–H and O–H groups in total. The Labute approximate surface area is 156 Å². The summed E-state index contributed by atoms with van der Waals surface area (Å²) in [6, 6.07) is 0. The van der Waals surface area contributed by atoms with Gasteiger partial charge in [0.15, 0.2) is 0 Å². The Morgan fingerprint density at radius 3 is 1.25 bits per heavy atom. The number of halogens is 2. The van der Waals surface area contributed by atoms with Crippen LogP contribution in [0.15, 0.2) is 36.5 Å². The molecular weight excluding hydrogens is 517 g/mol. The second-order valence-electron chi connectivity index (χ2n) is 2.58. The Bertz CT molecular complexity index is 169. The van der Waals surface area contributed by atoms with Crippen LogP contribution in [0.5, 0.6) is 0 Å². The molecule has 0 aliphatic heterocycles. The van der Waals surface area contributed by atoms with Crippen LogP contribution < -0.4 is 48.0 Å². The Kier molecular flexibility index (Phi) is 41.5. The topological polar surface area (TPSA) is 0 Å². The predicted molar refractivity (Wildman–Crippen MR) is 62.0 cm³/mol. The molecular formula is C12H17I2SiZr. The van der Waals surface area contributed by atoms with Crippen molar-refractivity contribution in [3.8, 4) is 0 Å². The van der Waals surface area contributed by atoms with Gasteiger partial charge in [0.05, 0.1) is 0 Å². The van der Waals surface area contributed by atoms with Crippen LogP contribution in [-0.4, -0.2) is 9.52 Å². The quantitative estimate of drug-likeness (QED) is 0.178. The van der Waals surface area contributed by atoms with Gasteiger partial charge in [-0.25, -0.2) is 24.3 Å². The molecule has 0 saturated heterocycles. The zero-order valence-electron chi connectivity index (χ0n) is 9.71. The van der Waals surface area contributed by atoms with E-state index in [0.717, 1.165) is 22.4 Å². The third-order valence-electron chi connectivity index (χ3n) is 1.17. The maximum Gasteiger partial charge on any atom is 4.00 e. The summed E-state index contributed by atoms with van der Waals surface area (Å²) < 4.78 is 0. The van der Waals surface area contributed by atoms with Gasteiger partial charge in [0.25, 0.3) is 0 Å². The van der Waals surface area contributed by atoms with Crippen LogP contribution in [0.3, 0.4) is 0 Å². The summed E-state index contributed by atoms with van der Waals surface area (Å²) in [6.45, 7) is 4.42. The average molecular weight is 534 g/mol. The SMILES string of the molecule is C[SiH]C.[C-]1=CC=CC1.[C-]1=CC=CC1.[I-].[I-].[Zr+4]. The van der Waals surface area contributed by atoms with Crippen LogP contribution in [0.25, 0.3) is 0 Å². The molecule has 0 fully saturated rings. The first kappa shape index (κ1) is 26.2. The Balaban J connectivity index is -0.0000000638. The first-order chi connectivity index (χ1) is 6.41. The first-order valence-corrected chi connectivity index (χ1v) is 6.90. The van der Waals surface area contributed by atoms with Crippen LogP contribution in [0.4, 0.5) is 0 Å². The van der Waals surface area contributed by atoms with Crippen molar-refractivity contribution in [2.75, 3.05) is 0 Å². The van der Waals surface area contributed by atoms with Gasteiger partial charge in [-0.2, -0.15) is 12.2 Å². The van der Waals surface area contributed by atoms with E-state index in [1.165, 1.54) is 0 Å². The van der Waals surface area contributed by atoms with Crippen LogP contribution in [0, 0.1) is 12.2 Å². The monoisotopic (exact) mass is 533 g/mol. The molecule has 0 saturated carbocycles. The molecule has 1 radical (unpaired) electrons. The van der Waals surface area contributed by atoms with Crippen molar-refractivity contribution in [3.05, 3.63) is 48.6 Å². The molecule has 87 valence electrons. The number of hydrogen-bond donors (Lipinski definition) is 0. The molecule has 4 heteroatoms. The fraction of sp³-hybridized carbons (Fsp3) is 0.333. The van der Waals surface area contributed by atoms with Crippen molar-refractivity contribution in [1.29, 1.82) is 0 Å². The molecule has 0 bridgehead atoms. The van der Waals surface area contributed by atoms with Gasteiger partial charge in [0.2, 0.25) is 0 Å². The van der Waals surface area contributed by atoms with Crippen LogP contribution in [-0.2, 0) is 26.2 Å². The van der Waals surface area contributed by atoms with Crippen LogP contribution >= 0.6 is 0 Å². The normalized spacial score (nSPS) is 12.1. The smallest absolute Gasteiger partial charge is 1.00 e. The molecule has 16 heavy (non-hydrogen) atoms. The number of allylic oxidation sites excluding steroid dienone is 8. The minimum atomic E-state index is 0. The molecule has 2 rings (SSSR count). The third kappa shape index (κ3) is 24.7. The van der Waals surface area contributed by atoms with E-state index >= 15 is 0 Å². The van der Waals surface area contributed by atoms with E-state index in [2.05, 4.69) is 37.4 Å². The van der Waals surface area contributed by atoms with Gasteiger partial charge >= 0.3 is 26.2 Å². The van der Waals surface area contributed by atoms with Crippen molar-refractivity contribution in [2.45, 2.75) is 25.9 Å². The minimum absolute atomic E-state index is 0. The molecule has 0 heterocycles. The summed E-state index contributed by atoms with van der Waals surface area (Å²) in [5.74, 6) is 0. The maximum absolute atomic E-state index is 2.99. The zero-order valence-corrected chi connectivity index (χ0v) is 17.6. The van der Waals surface area contributed by atoms with Gasteiger partial charge in [0, 0.05) is 9.52 Å². The maximum atomic E-state index is 2.99. The van der Waals surface area contributed by atoms with Gasteiger partial charge in [-0.3, -0.25) is 12.2 Å². The van der Waals surface area contributed by atoms with Gasteiger partial charge < -0.3 is 48.0 Å². The third-order valence-corrected chi connectivity index (χ3v) is 1.17. The molecule has 0 aromatic carbocycles. The van der Waals surface area contributed by atoms with E-state index in [9.17, 15) is 0 Å². The predicted octanol–water partition coefficient (Wildman–Crippen LogP) is -2.86. The van der Waals surface area contributed by atoms with E-state index in [0.29, 0.717) is 0 Å². The molecule has 0 unspecified atom stereocenters. The fourth-order valence-electron chi connectivity index (χ4n) is 0.680. The molecule has 0 atom stereocenters. The van der Waals surface area contributed by atoms with Crippen molar-refractivity contribution >= 4 is 9.52 Å². The molecule has 2 aliphatic carbocycles. The second kappa shape index (κ2) is 25.4. The molecule has 0 aromatic rings. The Morgan fingerprint density at radius 2 is 1.19 bits per heavy atom. The van der Waals surface area contributed by atoms with E-state index in [-0.39, 0.29) is 74.2 Å². The summed E-state index contributed by atoms with van der Waals surface area (Å²) in [5.41, 5.74) is 0. The van der Waals surface area contributed by atoms with Crippen LogP contribution in [0.2, 0.25) is 13.1 Å².